The fourth-order valence-electron chi connectivity index (χ4n) is 1.67. The zero-order valence-electron chi connectivity index (χ0n) is 10.4. The number of nitrogens with zero attached hydrogens (tertiary/aromatic N) is 1. The Bertz CT molecular complexity index is 585. The van der Waals surface area contributed by atoms with Crippen molar-refractivity contribution in [2.75, 3.05) is 6.61 Å². The molecule has 0 spiro atoms. The van der Waals surface area contributed by atoms with Crippen LogP contribution in [0, 0.1) is 0 Å². The van der Waals surface area contributed by atoms with Crippen LogP contribution in [0.1, 0.15) is 11.3 Å². The summed E-state index contributed by atoms with van der Waals surface area (Å²) in [7, 11) is 0. The minimum Gasteiger partial charge on any atom is -0.439 e. The van der Waals surface area contributed by atoms with Gasteiger partial charge in [-0.2, -0.15) is 13.2 Å². The predicted molar refractivity (Wildman–Crippen MR) is 66.5 cm³/mol. The predicted octanol–water partition coefficient (Wildman–Crippen LogP) is 3.43. The summed E-state index contributed by atoms with van der Waals surface area (Å²) in [5, 5.41) is 8.94. The molecule has 6 heteroatoms. The second-order valence-corrected chi connectivity index (χ2v) is 4.04. The molecule has 0 atom stereocenters. The van der Waals surface area contributed by atoms with E-state index in [2.05, 4.69) is 4.98 Å². The first-order valence-electron chi connectivity index (χ1n) is 5.91. The molecule has 2 aromatic rings. The summed E-state index contributed by atoms with van der Waals surface area (Å²) in [5.41, 5.74) is -0.302. The zero-order valence-corrected chi connectivity index (χ0v) is 10.4. The Morgan fingerprint density at radius 3 is 2.50 bits per heavy atom. The van der Waals surface area contributed by atoms with E-state index >= 15 is 0 Å². The topological polar surface area (TPSA) is 42.4 Å². The summed E-state index contributed by atoms with van der Waals surface area (Å²) in [4.78, 5) is 3.43. The fraction of sp³-hybridized carbons (Fsp3) is 0.214. The van der Waals surface area contributed by atoms with E-state index < -0.39 is 11.9 Å². The minimum absolute atomic E-state index is 0.0730. The summed E-state index contributed by atoms with van der Waals surface area (Å²) in [6.45, 7) is -0.0730. The number of hydrogen-bond acceptors (Lipinski definition) is 3. The van der Waals surface area contributed by atoms with Gasteiger partial charge in [-0.3, -0.25) is 0 Å². The SMILES string of the molecule is OCCc1ccccc1Oc1cccc(C(F)(F)F)n1. The van der Waals surface area contributed by atoms with Crippen LogP contribution < -0.4 is 4.74 Å². The Morgan fingerprint density at radius 2 is 1.80 bits per heavy atom. The lowest BCUT2D eigenvalue weighted by Crippen LogP contribution is -2.08. The number of para-hydroxylation sites is 1. The molecule has 20 heavy (non-hydrogen) atoms. The monoisotopic (exact) mass is 283 g/mol. The molecule has 0 saturated carbocycles. The van der Waals surface area contributed by atoms with Gasteiger partial charge in [0.25, 0.3) is 0 Å². The number of aliphatic hydroxyl groups is 1. The maximum Gasteiger partial charge on any atom is 0.433 e. The van der Waals surface area contributed by atoms with Gasteiger partial charge in [-0.1, -0.05) is 24.3 Å². The lowest BCUT2D eigenvalue weighted by atomic mass is 10.1. The van der Waals surface area contributed by atoms with Gasteiger partial charge in [0.1, 0.15) is 11.4 Å². The van der Waals surface area contributed by atoms with Gasteiger partial charge >= 0.3 is 6.18 Å². The van der Waals surface area contributed by atoms with Gasteiger partial charge < -0.3 is 9.84 Å². The second kappa shape index (κ2) is 5.92. The van der Waals surface area contributed by atoms with Crippen molar-refractivity contribution in [3.63, 3.8) is 0 Å². The average Bonchev–Trinajstić information content (AvgIpc) is 2.41. The van der Waals surface area contributed by atoms with Crippen molar-refractivity contribution in [3.8, 4) is 11.6 Å². The summed E-state index contributed by atoms with van der Waals surface area (Å²) < 4.78 is 43.0. The molecule has 0 aliphatic carbocycles. The number of halogens is 3. The van der Waals surface area contributed by atoms with Crippen molar-refractivity contribution in [2.45, 2.75) is 12.6 Å². The van der Waals surface area contributed by atoms with Crippen LogP contribution in [0.5, 0.6) is 11.6 Å². The first-order valence-corrected chi connectivity index (χ1v) is 5.91. The second-order valence-electron chi connectivity index (χ2n) is 4.04. The van der Waals surface area contributed by atoms with E-state index in [9.17, 15) is 13.2 Å². The lowest BCUT2D eigenvalue weighted by molar-refractivity contribution is -0.141. The number of alkyl halides is 3. The standard InChI is InChI=1S/C14H12F3NO2/c15-14(16,17)12-6-3-7-13(18-12)20-11-5-2-1-4-10(11)8-9-19/h1-7,19H,8-9H2. The van der Waals surface area contributed by atoms with E-state index in [0.29, 0.717) is 17.7 Å². The van der Waals surface area contributed by atoms with Crippen LogP contribution in [-0.2, 0) is 12.6 Å². The smallest absolute Gasteiger partial charge is 0.433 e. The van der Waals surface area contributed by atoms with Gasteiger partial charge in [0.15, 0.2) is 0 Å². The summed E-state index contributed by atoms with van der Waals surface area (Å²) >= 11 is 0. The lowest BCUT2D eigenvalue weighted by Gasteiger charge is -2.11. The number of hydrogen-bond donors (Lipinski definition) is 1. The number of ether oxygens (including phenoxy) is 1. The van der Waals surface area contributed by atoms with Crippen LogP contribution in [0.3, 0.4) is 0 Å². The molecule has 3 nitrogen and oxygen atoms in total. The molecule has 1 aromatic heterocycles. The Morgan fingerprint density at radius 1 is 1.05 bits per heavy atom. The maximum absolute atomic E-state index is 12.6. The number of benzene rings is 1. The van der Waals surface area contributed by atoms with Crippen molar-refractivity contribution in [3.05, 3.63) is 53.7 Å². The molecule has 0 fully saturated rings. The normalized spacial score (nSPS) is 11.4. The highest BCUT2D eigenvalue weighted by Crippen LogP contribution is 2.30. The van der Waals surface area contributed by atoms with Crippen molar-refractivity contribution < 1.29 is 23.0 Å². The van der Waals surface area contributed by atoms with E-state index in [-0.39, 0.29) is 12.5 Å². The van der Waals surface area contributed by atoms with E-state index in [0.717, 1.165) is 6.07 Å². The summed E-state index contributed by atoms with van der Waals surface area (Å²) in [6.07, 6.45) is -4.15. The third kappa shape index (κ3) is 3.48. The van der Waals surface area contributed by atoms with Crippen LogP contribution in [0.25, 0.3) is 0 Å². The Hall–Kier alpha value is -2.08. The van der Waals surface area contributed by atoms with E-state index in [4.69, 9.17) is 9.84 Å². The van der Waals surface area contributed by atoms with Crippen molar-refractivity contribution in [2.24, 2.45) is 0 Å². The van der Waals surface area contributed by atoms with Crippen LogP contribution in [0.15, 0.2) is 42.5 Å². The molecule has 1 heterocycles. The first-order chi connectivity index (χ1) is 9.50. The van der Waals surface area contributed by atoms with Gasteiger partial charge in [0.05, 0.1) is 0 Å². The largest absolute Gasteiger partial charge is 0.439 e. The third-order valence-corrected chi connectivity index (χ3v) is 2.58. The van der Waals surface area contributed by atoms with Gasteiger partial charge in [0.2, 0.25) is 5.88 Å². The van der Waals surface area contributed by atoms with E-state index in [1.807, 2.05) is 0 Å². The first kappa shape index (κ1) is 14.3. The van der Waals surface area contributed by atoms with Gasteiger partial charge in [0, 0.05) is 12.7 Å². The quantitative estimate of drug-likeness (QED) is 0.934. The maximum atomic E-state index is 12.6. The van der Waals surface area contributed by atoms with Gasteiger partial charge in [-0.25, -0.2) is 4.98 Å². The molecule has 0 radical (unpaired) electrons. The average molecular weight is 283 g/mol. The van der Waals surface area contributed by atoms with E-state index in [1.165, 1.54) is 12.1 Å². The highest BCUT2D eigenvalue weighted by Gasteiger charge is 2.32. The molecule has 1 N–H and O–H groups in total. The Balaban J connectivity index is 2.26. The highest BCUT2D eigenvalue weighted by molar-refractivity contribution is 5.36. The van der Waals surface area contributed by atoms with Crippen LogP contribution in [-0.4, -0.2) is 16.7 Å². The van der Waals surface area contributed by atoms with Crippen LogP contribution in [0.4, 0.5) is 13.2 Å². The molecular weight excluding hydrogens is 271 g/mol. The molecular formula is C14H12F3NO2. The van der Waals surface area contributed by atoms with Crippen LogP contribution >= 0.6 is 0 Å². The highest BCUT2D eigenvalue weighted by atomic mass is 19.4. The molecule has 2 rings (SSSR count). The number of pyridine rings is 1. The third-order valence-electron chi connectivity index (χ3n) is 2.58. The molecule has 106 valence electrons. The van der Waals surface area contributed by atoms with Crippen molar-refractivity contribution in [1.29, 1.82) is 0 Å². The molecule has 0 unspecified atom stereocenters. The molecule has 0 aliphatic rings. The number of aliphatic hydroxyl groups excluding tert-OH is 1. The Kier molecular flexibility index (Phi) is 4.24. The van der Waals surface area contributed by atoms with Crippen molar-refractivity contribution >= 4 is 0 Å². The molecule has 0 aliphatic heterocycles. The molecule has 0 bridgehead atoms. The molecule has 1 aromatic carbocycles. The molecule has 0 saturated heterocycles. The summed E-state index contributed by atoms with van der Waals surface area (Å²) in [5.74, 6) is 0.249. The Labute approximate surface area is 113 Å². The van der Waals surface area contributed by atoms with E-state index in [1.54, 1.807) is 24.3 Å². The molecule has 0 amide bonds. The number of aromatic nitrogens is 1. The van der Waals surface area contributed by atoms with Crippen molar-refractivity contribution in [1.82, 2.24) is 4.98 Å². The summed E-state index contributed by atoms with van der Waals surface area (Å²) in [6, 6.07) is 10.3. The van der Waals surface area contributed by atoms with Gasteiger partial charge in [-0.05, 0) is 24.1 Å². The fourth-order valence-corrected chi connectivity index (χ4v) is 1.67. The zero-order chi connectivity index (χ0) is 14.6. The number of rotatable bonds is 4. The van der Waals surface area contributed by atoms with Gasteiger partial charge in [-0.15, -0.1) is 0 Å². The minimum atomic E-state index is -4.51. The van der Waals surface area contributed by atoms with Crippen LogP contribution in [0.2, 0.25) is 0 Å².